The predicted molar refractivity (Wildman–Crippen MR) is 216 cm³/mol. The lowest BCUT2D eigenvalue weighted by Gasteiger charge is -2.37. The smallest absolute Gasteiger partial charge is 0.248 e. The van der Waals surface area contributed by atoms with Crippen LogP contribution in [0.4, 0.5) is 17.1 Å². The van der Waals surface area contributed by atoms with Crippen LogP contribution in [0.15, 0.2) is 126 Å². The summed E-state index contributed by atoms with van der Waals surface area (Å²) in [6.07, 6.45) is 13.4. The van der Waals surface area contributed by atoms with Gasteiger partial charge in [0.2, 0.25) is 6.71 Å². The van der Waals surface area contributed by atoms with Gasteiger partial charge in [-0.3, -0.25) is 0 Å². The Bertz CT molecular complexity index is 2460. The Morgan fingerprint density at radius 3 is 2.02 bits per heavy atom. The number of hydrogen-bond acceptors (Lipinski definition) is 2. The van der Waals surface area contributed by atoms with Crippen LogP contribution in [-0.2, 0) is 0 Å². The fourth-order valence-corrected chi connectivity index (χ4v) is 10.4. The molecule has 248 valence electrons. The predicted octanol–water partition coefficient (Wildman–Crippen LogP) is 11.6. The quantitative estimate of drug-likeness (QED) is 0.175. The summed E-state index contributed by atoms with van der Waals surface area (Å²) in [7, 11) is 0. The summed E-state index contributed by atoms with van der Waals surface area (Å²) in [5, 5.41) is 2.34. The van der Waals surface area contributed by atoms with E-state index in [0.29, 0.717) is 11.8 Å². The first-order valence-electron chi connectivity index (χ1n) is 19.5. The van der Waals surface area contributed by atoms with Crippen LogP contribution >= 0.6 is 0 Å². The van der Waals surface area contributed by atoms with E-state index in [1.165, 1.54) is 136 Å². The standard InChI is InChI=1S/C48H42BNO/c1-3-12-31(13-4-1)33-22-25-36(26-23-33)50-44-27-24-34(32-14-5-2-6-15-32)29-43(44)49-42-20-9-7-16-38(42)41-28-35(30-45(50)47(41)49)37-18-11-19-40-39-17-8-10-21-46(39)51-48(37)40/h7-11,16-32H,1-6,12-15H2. The molecule has 0 radical (unpaired) electrons. The zero-order chi connectivity index (χ0) is 33.5. The minimum atomic E-state index is 0.221. The van der Waals surface area contributed by atoms with Crippen molar-refractivity contribution >= 4 is 62.1 Å². The highest BCUT2D eigenvalue weighted by Crippen LogP contribution is 2.46. The lowest BCUT2D eigenvalue weighted by Crippen LogP contribution is -2.54. The Morgan fingerprint density at radius 2 is 1.20 bits per heavy atom. The third-order valence-electron chi connectivity index (χ3n) is 12.9. The molecule has 0 amide bonds. The molecule has 2 aliphatic heterocycles. The van der Waals surface area contributed by atoms with Crippen LogP contribution in [-0.4, -0.2) is 6.71 Å². The fourth-order valence-electron chi connectivity index (χ4n) is 10.4. The summed E-state index contributed by atoms with van der Waals surface area (Å²) < 4.78 is 6.63. The summed E-state index contributed by atoms with van der Waals surface area (Å²) in [5.74, 6) is 1.35. The van der Waals surface area contributed by atoms with E-state index in [4.69, 9.17) is 4.42 Å². The van der Waals surface area contributed by atoms with Gasteiger partial charge in [0.05, 0.1) is 0 Å². The number of anilines is 3. The molecule has 3 heteroatoms. The lowest BCUT2D eigenvalue weighted by molar-refractivity contribution is 0.443. The third-order valence-corrected chi connectivity index (χ3v) is 12.9. The summed E-state index contributed by atoms with van der Waals surface area (Å²) in [4.78, 5) is 2.59. The number of para-hydroxylation sites is 2. The van der Waals surface area contributed by atoms with Crippen LogP contribution in [0.2, 0.25) is 0 Å². The van der Waals surface area contributed by atoms with Crippen LogP contribution in [0.1, 0.15) is 87.2 Å². The van der Waals surface area contributed by atoms with E-state index in [0.717, 1.165) is 16.7 Å². The Morgan fingerprint density at radius 1 is 0.510 bits per heavy atom. The molecule has 11 rings (SSSR count). The molecule has 3 heterocycles. The lowest BCUT2D eigenvalue weighted by atomic mass is 9.37. The van der Waals surface area contributed by atoms with E-state index in [-0.39, 0.29) is 6.71 Å². The summed E-state index contributed by atoms with van der Waals surface area (Å²) >= 11 is 0. The van der Waals surface area contributed by atoms with Gasteiger partial charge in [-0.15, -0.1) is 0 Å². The molecule has 0 spiro atoms. The van der Waals surface area contributed by atoms with Crippen LogP contribution < -0.4 is 21.3 Å². The normalized spacial score (nSPS) is 17.2. The van der Waals surface area contributed by atoms with Crippen molar-refractivity contribution in [3.63, 3.8) is 0 Å². The van der Waals surface area contributed by atoms with Crippen molar-refractivity contribution in [1.29, 1.82) is 0 Å². The molecule has 6 aromatic carbocycles. The molecule has 0 saturated heterocycles. The average molecular weight is 660 g/mol. The highest BCUT2D eigenvalue weighted by Gasteiger charge is 2.43. The topological polar surface area (TPSA) is 16.4 Å². The molecule has 2 aliphatic carbocycles. The molecule has 0 unspecified atom stereocenters. The van der Waals surface area contributed by atoms with Crippen molar-refractivity contribution in [2.75, 3.05) is 4.90 Å². The molecule has 2 nitrogen and oxygen atoms in total. The number of benzene rings is 6. The van der Waals surface area contributed by atoms with Crippen LogP contribution in [0.3, 0.4) is 0 Å². The summed E-state index contributed by atoms with van der Waals surface area (Å²) in [5.41, 5.74) is 18.2. The Kier molecular flexibility index (Phi) is 6.85. The molecule has 0 bridgehead atoms. The molecule has 0 N–H and O–H groups in total. The number of nitrogens with zero attached hydrogens (tertiary/aromatic N) is 1. The van der Waals surface area contributed by atoms with E-state index in [2.05, 4.69) is 126 Å². The maximum absolute atomic E-state index is 6.63. The monoisotopic (exact) mass is 659 g/mol. The van der Waals surface area contributed by atoms with Crippen LogP contribution in [0.5, 0.6) is 0 Å². The maximum atomic E-state index is 6.63. The molecule has 4 aliphatic rings. The average Bonchev–Trinajstić information content (AvgIpc) is 3.75. The second-order valence-electron chi connectivity index (χ2n) is 15.7. The zero-order valence-electron chi connectivity index (χ0n) is 29.2. The van der Waals surface area contributed by atoms with Gasteiger partial charge in [0.15, 0.2) is 0 Å². The number of furan rings is 1. The summed E-state index contributed by atoms with van der Waals surface area (Å²) in [6.45, 7) is 0.221. The molecule has 2 fully saturated rings. The highest BCUT2D eigenvalue weighted by atomic mass is 16.3. The van der Waals surface area contributed by atoms with Gasteiger partial charge in [0, 0.05) is 33.4 Å². The first kappa shape index (κ1) is 29.7. The molecular formula is C48H42BNO. The Hall–Kier alpha value is -5.02. The molecule has 51 heavy (non-hydrogen) atoms. The van der Waals surface area contributed by atoms with Gasteiger partial charge in [-0.1, -0.05) is 129 Å². The number of hydrogen-bond donors (Lipinski definition) is 0. The fraction of sp³-hybridized carbons (Fsp3) is 0.250. The largest absolute Gasteiger partial charge is 0.455 e. The Labute approximate surface area is 301 Å². The van der Waals surface area contributed by atoms with E-state index in [1.54, 1.807) is 0 Å². The van der Waals surface area contributed by atoms with Crippen molar-refractivity contribution < 1.29 is 4.42 Å². The van der Waals surface area contributed by atoms with Gasteiger partial charge >= 0.3 is 0 Å². The first-order valence-corrected chi connectivity index (χ1v) is 19.5. The van der Waals surface area contributed by atoms with Crippen LogP contribution in [0, 0.1) is 0 Å². The van der Waals surface area contributed by atoms with Crippen molar-refractivity contribution in [2.24, 2.45) is 0 Å². The van der Waals surface area contributed by atoms with E-state index in [9.17, 15) is 0 Å². The maximum Gasteiger partial charge on any atom is 0.248 e. The third kappa shape index (κ3) is 4.63. The molecule has 0 atom stereocenters. The van der Waals surface area contributed by atoms with Gasteiger partial charge in [-0.2, -0.15) is 0 Å². The van der Waals surface area contributed by atoms with Gasteiger partial charge in [0.1, 0.15) is 11.2 Å². The minimum absolute atomic E-state index is 0.221. The second-order valence-corrected chi connectivity index (χ2v) is 15.7. The summed E-state index contributed by atoms with van der Waals surface area (Å²) in [6, 6.07) is 46.4. The highest BCUT2D eigenvalue weighted by molar-refractivity contribution is 7.01. The van der Waals surface area contributed by atoms with Crippen molar-refractivity contribution in [3.8, 4) is 22.3 Å². The first-order chi connectivity index (χ1) is 25.3. The second kappa shape index (κ2) is 11.8. The van der Waals surface area contributed by atoms with Crippen LogP contribution in [0.25, 0.3) is 44.2 Å². The molecule has 2 saturated carbocycles. The van der Waals surface area contributed by atoms with Crippen molar-refractivity contribution in [1.82, 2.24) is 0 Å². The van der Waals surface area contributed by atoms with Crippen molar-refractivity contribution in [2.45, 2.75) is 76.0 Å². The van der Waals surface area contributed by atoms with E-state index < -0.39 is 0 Å². The number of fused-ring (bicyclic) bond motifs is 8. The van der Waals surface area contributed by atoms with Gasteiger partial charge in [-0.25, -0.2) is 0 Å². The van der Waals surface area contributed by atoms with Gasteiger partial charge in [0.25, 0.3) is 0 Å². The molecular weight excluding hydrogens is 617 g/mol. The van der Waals surface area contributed by atoms with E-state index >= 15 is 0 Å². The van der Waals surface area contributed by atoms with Gasteiger partial charge < -0.3 is 9.32 Å². The Balaban J connectivity index is 1.15. The van der Waals surface area contributed by atoms with Gasteiger partial charge in [-0.05, 0) is 113 Å². The van der Waals surface area contributed by atoms with Crippen molar-refractivity contribution in [3.05, 3.63) is 132 Å². The SMILES string of the molecule is c1ccc2c(c1)B1c3cc(C4CCCCC4)ccc3N(c3ccc(C4CCCCC4)cc3)c3cc(-c4cccc5c4oc4ccccc45)cc-2c31. The minimum Gasteiger partial charge on any atom is -0.455 e. The zero-order valence-corrected chi connectivity index (χ0v) is 29.2. The molecule has 7 aromatic rings. The molecule has 1 aromatic heterocycles. The number of rotatable bonds is 4. The van der Waals surface area contributed by atoms with E-state index in [1.807, 2.05) is 0 Å².